The highest BCUT2D eigenvalue weighted by atomic mass is 32.2. The molecule has 1 aliphatic rings. The van der Waals surface area contributed by atoms with E-state index in [1.807, 2.05) is 0 Å². The van der Waals surface area contributed by atoms with Crippen molar-refractivity contribution in [3.05, 3.63) is 29.8 Å². The van der Waals surface area contributed by atoms with Crippen molar-refractivity contribution in [2.45, 2.75) is 31.1 Å². The number of nitrogens with one attached hydrogen (secondary N) is 1. The monoisotopic (exact) mass is 383 g/mol. The van der Waals surface area contributed by atoms with Crippen LogP contribution >= 0.6 is 0 Å². The molecule has 0 atom stereocenters. The van der Waals surface area contributed by atoms with Crippen molar-refractivity contribution < 1.29 is 18.0 Å². The molecule has 1 N–H and O–H groups in total. The summed E-state index contributed by atoms with van der Waals surface area (Å²) >= 11 is 0. The van der Waals surface area contributed by atoms with Crippen LogP contribution in [0.1, 0.15) is 36.5 Å². The molecule has 1 amide bonds. The average Bonchev–Trinajstić information content (AvgIpc) is 2.65. The number of sulfonamides is 1. The van der Waals surface area contributed by atoms with Gasteiger partial charge in [-0.1, -0.05) is 11.4 Å². The largest absolute Gasteiger partial charge is 0.352 e. The van der Waals surface area contributed by atoms with Crippen molar-refractivity contribution in [2.75, 3.05) is 40.3 Å². The minimum absolute atomic E-state index is 0.0812. The minimum Gasteiger partial charge on any atom is -0.352 e. The van der Waals surface area contributed by atoms with Crippen LogP contribution in [0.25, 0.3) is 0 Å². The number of hydrogen-bond donors (Lipinski definition) is 1. The maximum Gasteiger partial charge on any atom is 0.264 e. The number of nitrogens with zero attached hydrogens (tertiary/aromatic N) is 2. The highest BCUT2D eigenvalue weighted by Crippen LogP contribution is 2.16. The van der Waals surface area contributed by atoms with Crippen molar-refractivity contribution in [1.82, 2.24) is 14.7 Å². The molecular weight excluding hydrogens is 354 g/mol. The van der Waals surface area contributed by atoms with Crippen LogP contribution < -0.4 is 5.32 Å². The van der Waals surface area contributed by atoms with E-state index in [2.05, 4.69) is 17.1 Å². The smallest absolute Gasteiger partial charge is 0.264 e. The summed E-state index contributed by atoms with van der Waals surface area (Å²) in [5.41, 5.74) is 0.441. The SMILES string of the molecule is CON(C)S(=O)(=O)c1ccc(C(=O)NCCCN2CCC(C)CC2)cc1. The third kappa shape index (κ3) is 5.51. The molecule has 1 saturated heterocycles. The number of hydrogen-bond acceptors (Lipinski definition) is 5. The summed E-state index contributed by atoms with van der Waals surface area (Å²) in [4.78, 5) is 19.4. The minimum atomic E-state index is -3.69. The van der Waals surface area contributed by atoms with Gasteiger partial charge in [-0.2, -0.15) is 0 Å². The Hall–Kier alpha value is -1.48. The van der Waals surface area contributed by atoms with Crippen molar-refractivity contribution in [3.63, 3.8) is 0 Å². The van der Waals surface area contributed by atoms with E-state index in [0.717, 1.165) is 36.4 Å². The first-order chi connectivity index (χ1) is 12.3. The van der Waals surface area contributed by atoms with Crippen molar-refractivity contribution in [1.29, 1.82) is 0 Å². The van der Waals surface area contributed by atoms with E-state index in [1.165, 1.54) is 51.3 Å². The summed E-state index contributed by atoms with van der Waals surface area (Å²) in [6, 6.07) is 5.85. The van der Waals surface area contributed by atoms with Gasteiger partial charge in [0.15, 0.2) is 0 Å². The molecule has 2 rings (SSSR count). The second-order valence-corrected chi connectivity index (χ2v) is 8.69. The van der Waals surface area contributed by atoms with Crippen LogP contribution in [0.15, 0.2) is 29.2 Å². The van der Waals surface area contributed by atoms with E-state index < -0.39 is 10.0 Å². The van der Waals surface area contributed by atoms with Gasteiger partial charge in [0.25, 0.3) is 15.9 Å². The summed E-state index contributed by atoms with van der Waals surface area (Å²) in [5, 5.41) is 2.89. The highest BCUT2D eigenvalue weighted by Gasteiger charge is 2.21. The van der Waals surface area contributed by atoms with Gasteiger partial charge in [0, 0.05) is 19.2 Å². The Morgan fingerprint density at radius 1 is 1.27 bits per heavy atom. The van der Waals surface area contributed by atoms with Crippen molar-refractivity contribution in [3.8, 4) is 0 Å². The van der Waals surface area contributed by atoms with E-state index in [1.54, 1.807) is 0 Å². The Bertz CT molecular complexity index is 683. The summed E-state index contributed by atoms with van der Waals surface area (Å²) in [5.74, 6) is 0.628. The average molecular weight is 384 g/mol. The zero-order valence-corrected chi connectivity index (χ0v) is 16.6. The van der Waals surface area contributed by atoms with Gasteiger partial charge in [-0.3, -0.25) is 9.63 Å². The molecule has 0 aromatic heterocycles. The van der Waals surface area contributed by atoms with Crippen LogP contribution in [0.5, 0.6) is 0 Å². The van der Waals surface area contributed by atoms with Gasteiger partial charge in [0.2, 0.25) is 0 Å². The van der Waals surface area contributed by atoms with Crippen LogP contribution in [0, 0.1) is 5.92 Å². The fraction of sp³-hybridized carbons (Fsp3) is 0.611. The second kappa shape index (κ2) is 9.45. The molecule has 1 fully saturated rings. The van der Waals surface area contributed by atoms with Crippen LogP contribution in [-0.2, 0) is 14.9 Å². The fourth-order valence-corrected chi connectivity index (χ4v) is 3.89. The normalized spacial score (nSPS) is 16.8. The third-order valence-corrected chi connectivity index (χ3v) is 6.52. The van der Waals surface area contributed by atoms with Crippen molar-refractivity contribution in [2.24, 2.45) is 5.92 Å². The first-order valence-corrected chi connectivity index (χ1v) is 10.4. The molecule has 7 nitrogen and oxygen atoms in total. The van der Waals surface area contributed by atoms with Gasteiger partial charge < -0.3 is 10.2 Å². The number of piperidine rings is 1. The lowest BCUT2D eigenvalue weighted by molar-refractivity contribution is -0.0258. The molecule has 0 aliphatic carbocycles. The van der Waals surface area contributed by atoms with Crippen LogP contribution in [0.2, 0.25) is 0 Å². The molecule has 26 heavy (non-hydrogen) atoms. The Labute approximate surface area is 156 Å². The van der Waals surface area contributed by atoms with Crippen molar-refractivity contribution >= 4 is 15.9 Å². The second-order valence-electron chi connectivity index (χ2n) is 6.76. The van der Waals surface area contributed by atoms with E-state index in [0.29, 0.717) is 12.1 Å². The molecule has 0 saturated carbocycles. The summed E-state index contributed by atoms with van der Waals surface area (Å²) in [6.45, 7) is 6.17. The van der Waals surface area contributed by atoms with E-state index in [-0.39, 0.29) is 10.8 Å². The Balaban J connectivity index is 1.79. The van der Waals surface area contributed by atoms with Crippen LogP contribution in [-0.4, -0.2) is 64.0 Å². The summed E-state index contributed by atoms with van der Waals surface area (Å²) in [7, 11) is -1.09. The van der Waals surface area contributed by atoms with Crippen LogP contribution in [0.4, 0.5) is 0 Å². The Kier molecular flexibility index (Phi) is 7.57. The first-order valence-electron chi connectivity index (χ1n) is 8.98. The number of rotatable bonds is 8. The molecule has 1 aliphatic heterocycles. The lowest BCUT2D eigenvalue weighted by Gasteiger charge is -2.30. The molecule has 1 aromatic carbocycles. The predicted octanol–water partition coefficient (Wildman–Crippen LogP) is 1.72. The molecule has 146 valence electrons. The number of hydroxylamine groups is 1. The van der Waals surface area contributed by atoms with Gasteiger partial charge in [0.05, 0.1) is 12.0 Å². The van der Waals surface area contributed by atoms with Gasteiger partial charge >= 0.3 is 0 Å². The topological polar surface area (TPSA) is 78.9 Å². The fourth-order valence-electron chi connectivity index (χ4n) is 2.92. The maximum atomic E-state index is 12.2. The zero-order chi connectivity index (χ0) is 19.2. The number of amides is 1. The molecular formula is C18H29N3O4S. The summed E-state index contributed by atoms with van der Waals surface area (Å²) < 4.78 is 25.0. The first kappa shape index (κ1) is 20.8. The molecule has 1 aromatic rings. The third-order valence-electron chi connectivity index (χ3n) is 4.82. The lowest BCUT2D eigenvalue weighted by Crippen LogP contribution is -2.35. The van der Waals surface area contributed by atoms with E-state index in [9.17, 15) is 13.2 Å². The standard InChI is InChI=1S/C18H29N3O4S/c1-15-9-13-21(14-10-15)12-4-11-19-18(22)16-5-7-17(8-6-16)26(23,24)20(2)25-3/h5-8,15H,4,9-14H2,1-3H3,(H,19,22). The highest BCUT2D eigenvalue weighted by molar-refractivity contribution is 7.89. The number of benzene rings is 1. The maximum absolute atomic E-state index is 12.2. The Morgan fingerprint density at radius 2 is 1.88 bits per heavy atom. The lowest BCUT2D eigenvalue weighted by atomic mass is 9.99. The molecule has 0 unspecified atom stereocenters. The molecule has 8 heteroatoms. The van der Waals surface area contributed by atoms with Gasteiger partial charge in [-0.25, -0.2) is 8.42 Å². The molecule has 0 spiro atoms. The number of likely N-dealkylation sites (tertiary alicyclic amines) is 1. The quantitative estimate of drug-likeness (QED) is 0.546. The Morgan fingerprint density at radius 3 is 2.46 bits per heavy atom. The number of carbonyl (C=O) groups excluding carboxylic acids is 1. The van der Waals surface area contributed by atoms with E-state index >= 15 is 0 Å². The van der Waals surface area contributed by atoms with Gasteiger partial charge in [0.1, 0.15) is 0 Å². The molecule has 1 heterocycles. The summed E-state index contributed by atoms with van der Waals surface area (Å²) in [6.07, 6.45) is 3.41. The molecule has 0 radical (unpaired) electrons. The molecule has 0 bridgehead atoms. The van der Waals surface area contributed by atoms with Gasteiger partial charge in [-0.15, -0.1) is 0 Å². The predicted molar refractivity (Wildman–Crippen MR) is 100 cm³/mol. The van der Waals surface area contributed by atoms with E-state index in [4.69, 9.17) is 4.84 Å². The van der Waals surface area contributed by atoms with Crippen LogP contribution in [0.3, 0.4) is 0 Å². The zero-order valence-electron chi connectivity index (χ0n) is 15.8. The number of carbonyl (C=O) groups is 1. The van der Waals surface area contributed by atoms with Gasteiger partial charge in [-0.05, 0) is 69.1 Å².